The summed E-state index contributed by atoms with van der Waals surface area (Å²) in [6, 6.07) is 9.27. The van der Waals surface area contributed by atoms with Gasteiger partial charge in [-0.15, -0.1) is 0 Å². The summed E-state index contributed by atoms with van der Waals surface area (Å²) >= 11 is 0. The molecule has 0 aliphatic heterocycles. The molecule has 14 heavy (non-hydrogen) atoms. The van der Waals surface area contributed by atoms with Crippen LogP contribution in [0.4, 0.5) is 0 Å². The smallest absolute Gasteiger partial charge is 0.253 e. The summed E-state index contributed by atoms with van der Waals surface area (Å²) in [4.78, 5) is 14.3. The minimum Gasteiger partial charge on any atom is -0.324 e. The van der Waals surface area contributed by atoms with Crippen LogP contribution >= 0.6 is 0 Å². The van der Waals surface area contributed by atoms with Crippen LogP contribution in [0.5, 0.6) is 0 Å². The van der Waals surface area contributed by atoms with E-state index in [9.17, 15) is 4.79 Å². The largest absolute Gasteiger partial charge is 0.324 e. The van der Waals surface area contributed by atoms with Gasteiger partial charge >= 0.3 is 0 Å². The van der Waals surface area contributed by atoms with Gasteiger partial charge in [0.25, 0.3) is 5.56 Å². The minimum atomic E-state index is -0.233. The van der Waals surface area contributed by atoms with E-state index in [0.717, 1.165) is 10.9 Å². The Balaban J connectivity index is 2.78. The maximum absolute atomic E-state index is 11.5. The lowest BCUT2D eigenvalue weighted by molar-refractivity contribution is 0.804. The molecule has 2 rings (SSSR count). The fourth-order valence-corrected chi connectivity index (χ4v) is 1.50. The number of aromatic amines is 1. The molecular formula is C11H12N2O. The Labute approximate surface area is 81.6 Å². The third-order valence-electron chi connectivity index (χ3n) is 2.27. The van der Waals surface area contributed by atoms with Crippen LogP contribution in [0.15, 0.2) is 35.1 Å². The van der Waals surface area contributed by atoms with E-state index in [-0.39, 0.29) is 11.6 Å². The molecule has 3 heteroatoms. The molecule has 0 aliphatic rings. The van der Waals surface area contributed by atoms with Gasteiger partial charge in [0, 0.05) is 17.1 Å². The van der Waals surface area contributed by atoms with Crippen molar-refractivity contribution in [2.45, 2.75) is 13.0 Å². The van der Waals surface area contributed by atoms with Crippen LogP contribution in [0, 0.1) is 0 Å². The van der Waals surface area contributed by atoms with Crippen LogP contribution in [0.1, 0.15) is 18.5 Å². The van der Waals surface area contributed by atoms with Crippen molar-refractivity contribution in [3.8, 4) is 0 Å². The summed E-state index contributed by atoms with van der Waals surface area (Å²) in [6.07, 6.45) is 0. The van der Waals surface area contributed by atoms with E-state index in [0.29, 0.717) is 5.56 Å². The lowest BCUT2D eigenvalue weighted by atomic mass is 10.1. The summed E-state index contributed by atoms with van der Waals surface area (Å²) in [5, 5.41) is 1.01. The highest BCUT2D eigenvalue weighted by Gasteiger charge is 2.05. The number of fused-ring (bicyclic) bond motifs is 1. The lowest BCUT2D eigenvalue weighted by Crippen LogP contribution is -2.19. The number of nitrogens with two attached hydrogens (primary N) is 1. The standard InChI is InChI=1S/C11H12N2O/c1-7(12)9-6-8-4-2-3-5-10(8)13-11(9)14/h2-7H,12H2,1H3,(H,13,14). The molecule has 3 nitrogen and oxygen atoms in total. The second-order valence-electron chi connectivity index (χ2n) is 3.43. The highest BCUT2D eigenvalue weighted by Crippen LogP contribution is 2.12. The number of aromatic nitrogens is 1. The molecule has 3 N–H and O–H groups in total. The van der Waals surface area contributed by atoms with Crippen molar-refractivity contribution in [3.05, 3.63) is 46.2 Å². The van der Waals surface area contributed by atoms with E-state index in [4.69, 9.17) is 5.73 Å². The molecule has 1 aromatic heterocycles. The van der Waals surface area contributed by atoms with Crippen molar-refractivity contribution in [2.75, 3.05) is 0 Å². The monoisotopic (exact) mass is 188 g/mol. The Morgan fingerprint density at radius 2 is 2.07 bits per heavy atom. The zero-order chi connectivity index (χ0) is 10.1. The number of hydrogen-bond acceptors (Lipinski definition) is 2. The van der Waals surface area contributed by atoms with E-state index in [1.165, 1.54) is 0 Å². The summed E-state index contributed by atoms with van der Waals surface area (Å²) in [5.41, 5.74) is 7.06. The third-order valence-corrected chi connectivity index (χ3v) is 2.27. The first-order valence-electron chi connectivity index (χ1n) is 4.56. The average molecular weight is 188 g/mol. The van der Waals surface area contributed by atoms with Crippen LogP contribution in [-0.4, -0.2) is 4.98 Å². The molecule has 72 valence electrons. The molecule has 1 heterocycles. The molecule has 1 atom stereocenters. The Kier molecular flexibility index (Phi) is 2.09. The van der Waals surface area contributed by atoms with Crippen molar-refractivity contribution in [1.82, 2.24) is 4.98 Å². The Bertz CT molecular complexity index is 514. The van der Waals surface area contributed by atoms with Crippen molar-refractivity contribution < 1.29 is 0 Å². The Morgan fingerprint density at radius 3 is 2.79 bits per heavy atom. The van der Waals surface area contributed by atoms with Gasteiger partial charge in [-0.1, -0.05) is 18.2 Å². The summed E-state index contributed by atoms with van der Waals surface area (Å²) in [5.74, 6) is 0. The molecule has 0 aliphatic carbocycles. The van der Waals surface area contributed by atoms with E-state index in [1.807, 2.05) is 30.3 Å². The van der Waals surface area contributed by atoms with Crippen molar-refractivity contribution in [1.29, 1.82) is 0 Å². The van der Waals surface area contributed by atoms with Gasteiger partial charge < -0.3 is 10.7 Å². The molecule has 2 aromatic rings. The van der Waals surface area contributed by atoms with E-state index >= 15 is 0 Å². The van der Waals surface area contributed by atoms with Crippen molar-refractivity contribution in [3.63, 3.8) is 0 Å². The first kappa shape index (κ1) is 8.97. The maximum Gasteiger partial charge on any atom is 0.253 e. The van der Waals surface area contributed by atoms with Crippen LogP contribution in [0.25, 0.3) is 10.9 Å². The number of para-hydroxylation sites is 1. The zero-order valence-corrected chi connectivity index (χ0v) is 7.95. The molecule has 0 saturated heterocycles. The lowest BCUT2D eigenvalue weighted by Gasteiger charge is -2.05. The molecule has 0 saturated carbocycles. The normalized spacial score (nSPS) is 13.0. The van der Waals surface area contributed by atoms with Gasteiger partial charge in [0.15, 0.2) is 0 Å². The molecule has 1 aromatic carbocycles. The third kappa shape index (κ3) is 1.42. The van der Waals surface area contributed by atoms with Crippen LogP contribution in [-0.2, 0) is 0 Å². The number of H-pyrrole nitrogens is 1. The maximum atomic E-state index is 11.5. The van der Waals surface area contributed by atoms with Crippen molar-refractivity contribution in [2.24, 2.45) is 5.73 Å². The first-order valence-corrected chi connectivity index (χ1v) is 4.56. The van der Waals surface area contributed by atoms with Crippen molar-refractivity contribution >= 4 is 10.9 Å². The SMILES string of the molecule is CC(N)c1cc2ccccc2[nH]c1=O. The second kappa shape index (κ2) is 3.27. The number of rotatable bonds is 1. The molecule has 0 radical (unpaired) electrons. The number of benzene rings is 1. The first-order chi connectivity index (χ1) is 6.68. The van der Waals surface area contributed by atoms with Crippen LogP contribution in [0.3, 0.4) is 0 Å². The average Bonchev–Trinajstić information content (AvgIpc) is 2.16. The number of pyridine rings is 1. The second-order valence-corrected chi connectivity index (χ2v) is 3.43. The predicted octanol–water partition coefficient (Wildman–Crippen LogP) is 1.55. The van der Waals surface area contributed by atoms with Gasteiger partial charge in [0.1, 0.15) is 0 Å². The van der Waals surface area contributed by atoms with Gasteiger partial charge in [-0.05, 0) is 24.4 Å². The predicted molar refractivity (Wildman–Crippen MR) is 57.2 cm³/mol. The highest BCUT2D eigenvalue weighted by atomic mass is 16.1. The minimum absolute atomic E-state index is 0.0984. The number of nitrogens with one attached hydrogen (secondary N) is 1. The van der Waals surface area contributed by atoms with E-state index < -0.39 is 0 Å². The topological polar surface area (TPSA) is 58.9 Å². The highest BCUT2D eigenvalue weighted by molar-refractivity contribution is 5.78. The molecule has 1 unspecified atom stereocenters. The van der Waals surface area contributed by atoms with Crippen LogP contribution in [0.2, 0.25) is 0 Å². The van der Waals surface area contributed by atoms with E-state index in [2.05, 4.69) is 4.98 Å². The summed E-state index contributed by atoms with van der Waals surface area (Å²) in [6.45, 7) is 1.80. The fourth-order valence-electron chi connectivity index (χ4n) is 1.50. The fraction of sp³-hybridized carbons (Fsp3) is 0.182. The number of hydrogen-bond donors (Lipinski definition) is 2. The van der Waals surface area contributed by atoms with E-state index in [1.54, 1.807) is 6.92 Å². The molecule has 0 spiro atoms. The molecule has 0 fully saturated rings. The Hall–Kier alpha value is -1.61. The summed E-state index contributed by atoms with van der Waals surface area (Å²) < 4.78 is 0. The van der Waals surface area contributed by atoms with Gasteiger partial charge in [-0.2, -0.15) is 0 Å². The molecule has 0 amide bonds. The van der Waals surface area contributed by atoms with Gasteiger partial charge in [-0.3, -0.25) is 4.79 Å². The quantitative estimate of drug-likeness (QED) is 0.713. The van der Waals surface area contributed by atoms with Gasteiger partial charge in [-0.25, -0.2) is 0 Å². The molecule has 0 bridgehead atoms. The summed E-state index contributed by atoms with van der Waals surface area (Å²) in [7, 11) is 0. The van der Waals surface area contributed by atoms with Crippen LogP contribution < -0.4 is 11.3 Å². The van der Waals surface area contributed by atoms with Gasteiger partial charge in [0.2, 0.25) is 0 Å². The molecular weight excluding hydrogens is 176 g/mol. The van der Waals surface area contributed by atoms with Gasteiger partial charge in [0.05, 0.1) is 0 Å². The zero-order valence-electron chi connectivity index (χ0n) is 7.95. The Morgan fingerprint density at radius 1 is 1.36 bits per heavy atom.